The zero-order valence-electron chi connectivity index (χ0n) is 23.0. The summed E-state index contributed by atoms with van der Waals surface area (Å²) in [5.41, 5.74) is 1.73. The third kappa shape index (κ3) is 8.46. The molecule has 0 bridgehead atoms. The highest BCUT2D eigenvalue weighted by Gasteiger charge is 2.34. The number of hydrogen-bond acceptors (Lipinski definition) is 6. The predicted molar refractivity (Wildman–Crippen MR) is 155 cm³/mol. The van der Waals surface area contributed by atoms with Crippen LogP contribution in [0.4, 0.5) is 18.0 Å². The highest BCUT2D eigenvalue weighted by Crippen LogP contribution is 2.38. The summed E-state index contributed by atoms with van der Waals surface area (Å²) in [7, 11) is -7.92. The van der Waals surface area contributed by atoms with Gasteiger partial charge in [0.15, 0.2) is 0 Å². The number of benzene rings is 3. The number of sulfonamides is 1. The zero-order chi connectivity index (χ0) is 32.3. The summed E-state index contributed by atoms with van der Waals surface area (Å²) in [4.78, 5) is 16.0. The lowest BCUT2D eigenvalue weighted by Gasteiger charge is -2.19. The summed E-state index contributed by atoms with van der Waals surface area (Å²) in [5, 5.41) is 9.14. The molecule has 16 heteroatoms. The highest BCUT2D eigenvalue weighted by molar-refractivity contribution is 7.89. The Hall–Kier alpha value is -3.66. The highest BCUT2D eigenvalue weighted by atomic mass is 35.5. The molecule has 1 aromatic heterocycles. The lowest BCUT2D eigenvalue weighted by atomic mass is 10.1. The fourth-order valence-corrected chi connectivity index (χ4v) is 5.63. The van der Waals surface area contributed by atoms with Crippen LogP contribution >= 0.6 is 11.6 Å². The van der Waals surface area contributed by atoms with E-state index in [1.165, 1.54) is 18.2 Å². The molecule has 0 unspecified atom stereocenters. The third-order valence-electron chi connectivity index (χ3n) is 6.05. The van der Waals surface area contributed by atoms with E-state index in [1.807, 2.05) is 6.92 Å². The number of carboxylic acid groups (broad SMARTS) is 1. The second kappa shape index (κ2) is 12.9. The van der Waals surface area contributed by atoms with E-state index >= 15 is 0 Å². The molecule has 0 saturated carbocycles. The number of nitrogens with zero attached hydrogens (tertiary/aromatic N) is 3. The quantitative estimate of drug-likeness (QED) is 0.230. The van der Waals surface area contributed by atoms with Crippen molar-refractivity contribution in [3.05, 3.63) is 88.2 Å². The maximum absolute atomic E-state index is 13.3. The van der Waals surface area contributed by atoms with Crippen LogP contribution in [0.3, 0.4) is 0 Å². The summed E-state index contributed by atoms with van der Waals surface area (Å²) < 4.78 is 93.6. The summed E-state index contributed by atoms with van der Waals surface area (Å²) in [5.74, 6) is 0.532. The average molecular weight is 662 g/mol. The largest absolute Gasteiger partial charge is 0.464 e. The lowest BCUT2D eigenvalue weighted by Crippen LogP contribution is -2.37. The van der Waals surface area contributed by atoms with Crippen LogP contribution in [0.1, 0.15) is 29.4 Å². The van der Waals surface area contributed by atoms with Crippen LogP contribution in [-0.2, 0) is 39.2 Å². The Morgan fingerprint density at radius 2 is 1.58 bits per heavy atom. The first-order chi connectivity index (χ1) is 19.8. The second-order valence-electron chi connectivity index (χ2n) is 9.36. The van der Waals surface area contributed by atoms with Gasteiger partial charge in [-0.15, -0.1) is 0 Å². The standard InChI is InChI=1S/C26H23ClF3N3O4S.CH4O3S/c1-3-24-31-22-14-20(26(28,29)30)21(27)15-23(22)33(24)18-8-6-17(7-9-18)12-13-32(25(34)35)38(36,37)19-10-4-16(2)5-11-19;1-5(2,3)4/h4-11,14-15H,3,12-13H2,1-2H3,(H,34,35);1H3,(H,2,3,4). The average Bonchev–Trinajstić information content (AvgIpc) is 3.24. The summed E-state index contributed by atoms with van der Waals surface area (Å²) in [6.07, 6.45) is -4.93. The maximum atomic E-state index is 13.3. The Morgan fingerprint density at radius 1 is 1.02 bits per heavy atom. The van der Waals surface area contributed by atoms with Crippen LogP contribution in [0.2, 0.25) is 5.02 Å². The minimum atomic E-state index is -4.61. The Labute approximate surface area is 251 Å². The number of aryl methyl sites for hydroxylation is 2. The molecule has 0 atom stereocenters. The van der Waals surface area contributed by atoms with Gasteiger partial charge in [0.25, 0.3) is 20.1 Å². The molecule has 0 spiro atoms. The van der Waals surface area contributed by atoms with E-state index in [0.717, 1.165) is 11.6 Å². The van der Waals surface area contributed by atoms with Gasteiger partial charge < -0.3 is 5.11 Å². The van der Waals surface area contributed by atoms with Gasteiger partial charge in [-0.25, -0.2) is 22.5 Å². The first-order valence-electron chi connectivity index (χ1n) is 12.4. The van der Waals surface area contributed by atoms with Gasteiger partial charge in [-0.1, -0.05) is 48.4 Å². The van der Waals surface area contributed by atoms with Crippen molar-refractivity contribution in [2.75, 3.05) is 12.8 Å². The molecule has 0 fully saturated rings. The van der Waals surface area contributed by atoms with Crippen LogP contribution in [0.25, 0.3) is 16.7 Å². The van der Waals surface area contributed by atoms with E-state index < -0.39 is 43.0 Å². The number of hydrogen-bond donors (Lipinski definition) is 2. The van der Waals surface area contributed by atoms with Crippen molar-refractivity contribution in [3.63, 3.8) is 0 Å². The Balaban J connectivity index is 0.000000934. The van der Waals surface area contributed by atoms with Gasteiger partial charge in [-0.3, -0.25) is 9.12 Å². The SMILES string of the molecule is CCc1nc2cc(C(F)(F)F)c(Cl)cc2n1-c1ccc(CCN(C(=O)O)S(=O)(=O)c2ccc(C)cc2)cc1.CS(=O)(=O)O. The van der Waals surface area contributed by atoms with Crippen molar-refractivity contribution in [1.82, 2.24) is 13.9 Å². The fourth-order valence-electron chi connectivity index (χ4n) is 4.09. The van der Waals surface area contributed by atoms with Crippen molar-refractivity contribution in [3.8, 4) is 5.69 Å². The van der Waals surface area contributed by atoms with Gasteiger partial charge in [0.2, 0.25) is 0 Å². The Kier molecular flexibility index (Phi) is 10.2. The maximum Gasteiger partial charge on any atom is 0.421 e. The summed E-state index contributed by atoms with van der Waals surface area (Å²) >= 11 is 5.95. The molecule has 232 valence electrons. The minimum Gasteiger partial charge on any atom is -0.464 e. The Morgan fingerprint density at radius 3 is 2.07 bits per heavy atom. The molecular formula is C27H27ClF3N3O7S2. The van der Waals surface area contributed by atoms with Gasteiger partial charge in [-0.05, 0) is 55.3 Å². The van der Waals surface area contributed by atoms with Crippen molar-refractivity contribution >= 4 is 48.9 Å². The first kappa shape index (κ1) is 33.8. The number of alkyl halides is 3. The van der Waals surface area contributed by atoms with E-state index in [2.05, 4.69) is 4.98 Å². The molecule has 3 aromatic carbocycles. The molecule has 0 saturated heterocycles. The zero-order valence-corrected chi connectivity index (χ0v) is 25.4. The number of carbonyl (C=O) groups is 1. The van der Waals surface area contributed by atoms with Crippen molar-refractivity contribution in [1.29, 1.82) is 0 Å². The third-order valence-corrected chi connectivity index (χ3v) is 8.15. The van der Waals surface area contributed by atoms with E-state index in [9.17, 15) is 39.9 Å². The molecule has 1 amide bonds. The molecule has 1 heterocycles. The molecule has 0 aliphatic carbocycles. The number of imidazole rings is 1. The molecule has 4 aromatic rings. The number of aromatic nitrogens is 2. The van der Waals surface area contributed by atoms with Gasteiger partial charge in [0.05, 0.1) is 32.8 Å². The van der Waals surface area contributed by atoms with E-state index in [4.69, 9.17) is 16.2 Å². The van der Waals surface area contributed by atoms with E-state index in [1.54, 1.807) is 47.9 Å². The fraction of sp³-hybridized carbons (Fsp3) is 0.259. The topological polar surface area (TPSA) is 147 Å². The number of fused-ring (bicyclic) bond motifs is 1. The smallest absolute Gasteiger partial charge is 0.421 e. The van der Waals surface area contributed by atoms with Crippen LogP contribution in [0, 0.1) is 6.92 Å². The minimum absolute atomic E-state index is 0.115. The van der Waals surface area contributed by atoms with E-state index in [0.29, 0.717) is 39.6 Å². The molecule has 43 heavy (non-hydrogen) atoms. The van der Waals surface area contributed by atoms with Crippen LogP contribution in [0.15, 0.2) is 65.6 Å². The number of halogens is 4. The molecule has 4 rings (SSSR count). The number of amides is 1. The monoisotopic (exact) mass is 661 g/mol. The molecule has 0 aliphatic rings. The summed E-state index contributed by atoms with van der Waals surface area (Å²) in [6.45, 7) is 3.32. The molecule has 10 nitrogen and oxygen atoms in total. The van der Waals surface area contributed by atoms with Crippen molar-refractivity contribution < 1.29 is 44.5 Å². The number of rotatable bonds is 7. The van der Waals surface area contributed by atoms with Gasteiger partial charge >= 0.3 is 12.3 Å². The lowest BCUT2D eigenvalue weighted by molar-refractivity contribution is -0.137. The molecule has 0 radical (unpaired) electrons. The molecule has 2 N–H and O–H groups in total. The van der Waals surface area contributed by atoms with Crippen molar-refractivity contribution in [2.24, 2.45) is 0 Å². The molecular weight excluding hydrogens is 635 g/mol. The van der Waals surface area contributed by atoms with Gasteiger partial charge in [-0.2, -0.15) is 21.6 Å². The predicted octanol–water partition coefficient (Wildman–Crippen LogP) is 5.98. The van der Waals surface area contributed by atoms with E-state index in [-0.39, 0.29) is 23.4 Å². The normalized spacial score (nSPS) is 12.1. The Bertz CT molecular complexity index is 1830. The van der Waals surface area contributed by atoms with Crippen molar-refractivity contribution in [2.45, 2.75) is 37.8 Å². The van der Waals surface area contributed by atoms with Crippen LogP contribution < -0.4 is 0 Å². The molecule has 0 aliphatic heterocycles. The second-order valence-corrected chi connectivity index (χ2v) is 13.1. The van der Waals surface area contributed by atoms with Gasteiger partial charge in [0, 0.05) is 18.7 Å². The van der Waals surface area contributed by atoms with Crippen LogP contribution in [-0.4, -0.2) is 59.2 Å². The van der Waals surface area contributed by atoms with Crippen LogP contribution in [0.5, 0.6) is 0 Å². The summed E-state index contributed by atoms with van der Waals surface area (Å²) in [6, 6.07) is 14.9. The van der Waals surface area contributed by atoms with Gasteiger partial charge in [0.1, 0.15) is 5.82 Å². The first-order valence-corrected chi connectivity index (χ1v) is 16.1.